The zero-order valence-corrected chi connectivity index (χ0v) is 9.16. The van der Waals surface area contributed by atoms with E-state index < -0.39 is 17.4 Å². The molecule has 0 saturated heterocycles. The van der Waals surface area contributed by atoms with E-state index >= 15 is 0 Å². The molecule has 0 aliphatic heterocycles. The number of carbonyl (C=O) groups is 1. The fourth-order valence-electron chi connectivity index (χ4n) is 1.76. The highest BCUT2D eigenvalue weighted by Gasteiger charge is 2.43. The maximum absolute atomic E-state index is 11.1. The summed E-state index contributed by atoms with van der Waals surface area (Å²) in [7, 11) is 5.64. The predicted octanol–water partition coefficient (Wildman–Crippen LogP) is 1.36. The van der Waals surface area contributed by atoms with Gasteiger partial charge in [-0.15, -0.1) is 6.58 Å². The molecule has 3 nitrogen and oxygen atoms in total. The molecule has 13 heavy (non-hydrogen) atoms. The van der Waals surface area contributed by atoms with Crippen molar-refractivity contribution in [2.45, 2.75) is 19.9 Å². The van der Waals surface area contributed by atoms with E-state index in [4.69, 9.17) is 5.11 Å². The van der Waals surface area contributed by atoms with Gasteiger partial charge in [-0.05, 0) is 0 Å². The number of carboxylic acid groups (broad SMARTS) is 1. The van der Waals surface area contributed by atoms with Crippen LogP contribution < -0.4 is 0 Å². The molecule has 0 rings (SSSR count). The Hall–Kier alpha value is -0.830. The molecule has 0 spiro atoms. The van der Waals surface area contributed by atoms with Crippen LogP contribution in [0.2, 0.25) is 0 Å². The third kappa shape index (κ3) is 2.84. The topological polar surface area (TPSA) is 37.3 Å². The molecule has 0 amide bonds. The third-order valence-electron chi connectivity index (χ3n) is 2.24. The van der Waals surface area contributed by atoms with Gasteiger partial charge in [-0.1, -0.05) is 19.9 Å². The number of aliphatic carboxylic acids is 1. The van der Waals surface area contributed by atoms with Gasteiger partial charge in [0, 0.05) is 5.41 Å². The summed E-state index contributed by atoms with van der Waals surface area (Å²) in [5.74, 6) is -0.780. The Morgan fingerprint density at radius 3 is 1.92 bits per heavy atom. The van der Waals surface area contributed by atoms with Crippen molar-refractivity contribution in [3.8, 4) is 0 Å². The Bertz CT molecular complexity index is 213. The van der Waals surface area contributed by atoms with Crippen LogP contribution in [0.5, 0.6) is 0 Å². The summed E-state index contributed by atoms with van der Waals surface area (Å²) in [6.45, 7) is 7.46. The van der Waals surface area contributed by atoms with Gasteiger partial charge in [-0.2, -0.15) is 0 Å². The quantitative estimate of drug-likeness (QED) is 0.531. The van der Waals surface area contributed by atoms with Crippen molar-refractivity contribution < 1.29 is 14.4 Å². The molecule has 0 aromatic carbocycles. The summed E-state index contributed by atoms with van der Waals surface area (Å²) < 4.78 is 0.397. The lowest BCUT2D eigenvalue weighted by Crippen LogP contribution is -2.56. The molecular formula is C10H20NO2+. The van der Waals surface area contributed by atoms with Crippen molar-refractivity contribution in [3.63, 3.8) is 0 Å². The van der Waals surface area contributed by atoms with Crippen molar-refractivity contribution in [1.82, 2.24) is 0 Å². The van der Waals surface area contributed by atoms with E-state index in [1.54, 1.807) is 6.08 Å². The SMILES string of the molecule is C=CC(C)(C)C(C(=O)O)[N+](C)(C)C. The van der Waals surface area contributed by atoms with Gasteiger partial charge in [-0.3, -0.25) is 0 Å². The monoisotopic (exact) mass is 186 g/mol. The Balaban J connectivity index is 5.05. The highest BCUT2D eigenvalue weighted by molar-refractivity contribution is 5.73. The van der Waals surface area contributed by atoms with Crippen LogP contribution in [0.1, 0.15) is 13.8 Å². The Morgan fingerprint density at radius 2 is 1.85 bits per heavy atom. The summed E-state index contributed by atoms with van der Waals surface area (Å²) in [5, 5.41) is 9.11. The van der Waals surface area contributed by atoms with Gasteiger partial charge >= 0.3 is 5.97 Å². The summed E-state index contributed by atoms with van der Waals surface area (Å²) in [6.07, 6.45) is 1.70. The molecule has 0 aromatic rings. The summed E-state index contributed by atoms with van der Waals surface area (Å²) >= 11 is 0. The number of hydrogen-bond donors (Lipinski definition) is 1. The summed E-state index contributed by atoms with van der Waals surface area (Å²) in [4.78, 5) is 11.1. The standard InChI is InChI=1S/C10H19NO2/c1-7-10(2,3)8(9(12)13)11(4,5)6/h7-8H,1H2,2-6H3/p+1. The Kier molecular flexibility index (Phi) is 3.28. The van der Waals surface area contributed by atoms with Crippen molar-refractivity contribution in [1.29, 1.82) is 0 Å². The molecule has 0 bridgehead atoms. The zero-order chi connectivity index (χ0) is 10.9. The van der Waals surface area contributed by atoms with Gasteiger partial charge in [0.25, 0.3) is 0 Å². The first-order chi connectivity index (χ1) is 5.63. The lowest BCUT2D eigenvalue weighted by atomic mass is 9.83. The van der Waals surface area contributed by atoms with E-state index in [2.05, 4.69) is 6.58 Å². The number of hydrogen-bond acceptors (Lipinski definition) is 1. The minimum Gasteiger partial charge on any atom is -0.477 e. The van der Waals surface area contributed by atoms with Crippen molar-refractivity contribution in [3.05, 3.63) is 12.7 Å². The molecule has 0 heterocycles. The van der Waals surface area contributed by atoms with Gasteiger partial charge in [0.1, 0.15) is 0 Å². The van der Waals surface area contributed by atoms with Crippen LogP contribution in [-0.2, 0) is 4.79 Å². The minimum absolute atomic E-state index is 0.397. The first-order valence-electron chi connectivity index (χ1n) is 4.30. The van der Waals surface area contributed by atoms with E-state index in [-0.39, 0.29) is 0 Å². The fourth-order valence-corrected chi connectivity index (χ4v) is 1.76. The molecule has 0 aromatic heterocycles. The second kappa shape index (κ2) is 3.50. The molecule has 0 radical (unpaired) electrons. The molecule has 1 unspecified atom stereocenters. The van der Waals surface area contributed by atoms with E-state index in [9.17, 15) is 4.79 Å². The smallest absolute Gasteiger partial charge is 0.363 e. The van der Waals surface area contributed by atoms with Crippen LogP contribution in [-0.4, -0.2) is 42.7 Å². The van der Waals surface area contributed by atoms with Crippen molar-refractivity contribution in [2.24, 2.45) is 5.41 Å². The van der Waals surface area contributed by atoms with Crippen LogP contribution in [0.15, 0.2) is 12.7 Å². The zero-order valence-electron chi connectivity index (χ0n) is 9.16. The maximum atomic E-state index is 11.1. The van der Waals surface area contributed by atoms with E-state index in [0.29, 0.717) is 4.48 Å². The average Bonchev–Trinajstić information content (AvgIpc) is 1.82. The summed E-state index contributed by atoms with van der Waals surface area (Å²) in [5.41, 5.74) is -0.399. The number of quaternary nitrogens is 1. The van der Waals surface area contributed by atoms with Crippen LogP contribution in [0.25, 0.3) is 0 Å². The van der Waals surface area contributed by atoms with Crippen LogP contribution in [0, 0.1) is 5.41 Å². The Morgan fingerprint density at radius 1 is 1.46 bits per heavy atom. The number of carboxylic acids is 1. The second-order valence-electron chi connectivity index (χ2n) is 4.88. The van der Waals surface area contributed by atoms with Gasteiger partial charge < -0.3 is 9.59 Å². The van der Waals surface area contributed by atoms with Crippen LogP contribution in [0.4, 0.5) is 0 Å². The number of likely N-dealkylation sites (N-methyl/N-ethyl adjacent to an activating group) is 1. The summed E-state index contributed by atoms with van der Waals surface area (Å²) in [6, 6.07) is -0.468. The normalized spacial score (nSPS) is 15.2. The molecule has 0 fully saturated rings. The van der Waals surface area contributed by atoms with Crippen LogP contribution >= 0.6 is 0 Å². The highest BCUT2D eigenvalue weighted by atomic mass is 16.4. The number of rotatable bonds is 4. The van der Waals surface area contributed by atoms with E-state index in [1.165, 1.54) is 0 Å². The Labute approximate surface area is 80.3 Å². The predicted molar refractivity (Wildman–Crippen MR) is 53.4 cm³/mol. The average molecular weight is 186 g/mol. The maximum Gasteiger partial charge on any atom is 0.363 e. The molecule has 0 aliphatic carbocycles. The van der Waals surface area contributed by atoms with Crippen molar-refractivity contribution >= 4 is 5.97 Å². The van der Waals surface area contributed by atoms with Gasteiger partial charge in [0.05, 0.1) is 21.1 Å². The molecule has 0 saturated carbocycles. The first kappa shape index (κ1) is 12.2. The second-order valence-corrected chi connectivity index (χ2v) is 4.88. The highest BCUT2D eigenvalue weighted by Crippen LogP contribution is 2.28. The van der Waals surface area contributed by atoms with Crippen LogP contribution in [0.3, 0.4) is 0 Å². The van der Waals surface area contributed by atoms with E-state index in [0.717, 1.165) is 0 Å². The molecule has 3 heteroatoms. The molecule has 0 aliphatic rings. The molecule has 76 valence electrons. The molecule has 1 atom stereocenters. The van der Waals surface area contributed by atoms with Crippen molar-refractivity contribution in [2.75, 3.05) is 21.1 Å². The first-order valence-corrected chi connectivity index (χ1v) is 4.30. The minimum atomic E-state index is -0.780. The van der Waals surface area contributed by atoms with Gasteiger partial charge in [0.15, 0.2) is 6.04 Å². The van der Waals surface area contributed by atoms with Gasteiger partial charge in [0.2, 0.25) is 0 Å². The largest absolute Gasteiger partial charge is 0.477 e. The molecule has 1 N–H and O–H groups in total. The lowest BCUT2D eigenvalue weighted by Gasteiger charge is -2.39. The fraction of sp³-hybridized carbons (Fsp3) is 0.700. The van der Waals surface area contributed by atoms with Gasteiger partial charge in [-0.25, -0.2) is 4.79 Å². The lowest BCUT2D eigenvalue weighted by molar-refractivity contribution is -0.893. The van der Waals surface area contributed by atoms with E-state index in [1.807, 2.05) is 35.0 Å². The third-order valence-corrected chi connectivity index (χ3v) is 2.24. The molecular weight excluding hydrogens is 166 g/mol. The number of nitrogens with zero attached hydrogens (tertiary/aromatic N) is 1.